The van der Waals surface area contributed by atoms with E-state index in [2.05, 4.69) is 38.4 Å². The van der Waals surface area contributed by atoms with E-state index < -0.39 is 0 Å². The van der Waals surface area contributed by atoms with Crippen LogP contribution >= 0.6 is 27.5 Å². The summed E-state index contributed by atoms with van der Waals surface area (Å²) in [6.45, 7) is 0.809. The Bertz CT molecular complexity index is 375. The van der Waals surface area contributed by atoms with Gasteiger partial charge in [0.25, 0.3) is 0 Å². The van der Waals surface area contributed by atoms with Crippen LogP contribution in [0.1, 0.15) is 12.8 Å². The largest absolute Gasteiger partial charge is 0.366 e. The van der Waals surface area contributed by atoms with E-state index >= 15 is 0 Å². The Kier molecular flexibility index (Phi) is 3.65. The van der Waals surface area contributed by atoms with Gasteiger partial charge in [0.05, 0.1) is 9.50 Å². The predicted octanol–water partition coefficient (Wildman–Crippen LogP) is 3.88. The number of anilines is 1. The minimum Gasteiger partial charge on any atom is -0.366 e. The zero-order valence-electron chi connectivity index (χ0n) is 8.21. The van der Waals surface area contributed by atoms with Crippen LogP contribution in [0.2, 0.25) is 5.02 Å². The zero-order chi connectivity index (χ0) is 10.7. The van der Waals surface area contributed by atoms with Crippen molar-refractivity contribution in [1.29, 1.82) is 0 Å². The number of rotatable bonds is 4. The molecule has 0 saturated heterocycles. The van der Waals surface area contributed by atoms with Gasteiger partial charge in [0.1, 0.15) is 5.82 Å². The molecule has 0 bridgehead atoms. The monoisotopic (exact) mass is 286 g/mol. The van der Waals surface area contributed by atoms with E-state index in [1.54, 1.807) is 6.20 Å². The first kappa shape index (κ1) is 11.0. The third kappa shape index (κ3) is 3.50. The lowest BCUT2D eigenvalue weighted by Gasteiger charge is -2.04. The molecule has 1 aromatic rings. The number of allylic oxidation sites excluding steroid dienone is 1. The minimum absolute atomic E-state index is 0.640. The van der Waals surface area contributed by atoms with Crippen LogP contribution in [-0.2, 0) is 0 Å². The van der Waals surface area contributed by atoms with Gasteiger partial charge in [-0.25, -0.2) is 4.98 Å². The second-order valence-corrected chi connectivity index (χ2v) is 4.92. The molecule has 1 aliphatic carbocycles. The second-order valence-electron chi connectivity index (χ2n) is 3.63. The van der Waals surface area contributed by atoms with Crippen molar-refractivity contribution in [2.75, 3.05) is 11.9 Å². The van der Waals surface area contributed by atoms with Gasteiger partial charge in [0.15, 0.2) is 0 Å². The van der Waals surface area contributed by atoms with Crippen LogP contribution in [0.15, 0.2) is 28.9 Å². The van der Waals surface area contributed by atoms with Gasteiger partial charge in [0.2, 0.25) is 0 Å². The molecule has 80 valence electrons. The van der Waals surface area contributed by atoms with Crippen LogP contribution in [0.3, 0.4) is 0 Å². The van der Waals surface area contributed by atoms with Gasteiger partial charge in [-0.15, -0.1) is 0 Å². The Morgan fingerprint density at radius 1 is 1.60 bits per heavy atom. The van der Waals surface area contributed by atoms with Gasteiger partial charge in [-0.05, 0) is 40.8 Å². The van der Waals surface area contributed by atoms with E-state index in [1.165, 1.54) is 12.8 Å². The Labute approximate surface area is 103 Å². The molecule has 2 rings (SSSR count). The molecule has 0 aliphatic heterocycles. The number of hydrogen-bond acceptors (Lipinski definition) is 2. The molecule has 0 unspecified atom stereocenters. The molecule has 0 spiro atoms. The second kappa shape index (κ2) is 4.99. The molecule has 1 saturated carbocycles. The van der Waals surface area contributed by atoms with Crippen LogP contribution in [-0.4, -0.2) is 11.5 Å². The van der Waals surface area contributed by atoms with Gasteiger partial charge in [0, 0.05) is 12.7 Å². The maximum absolute atomic E-state index is 5.79. The highest BCUT2D eigenvalue weighted by molar-refractivity contribution is 9.10. The summed E-state index contributed by atoms with van der Waals surface area (Å²) in [5.74, 6) is 1.66. The predicted molar refractivity (Wildman–Crippen MR) is 67.3 cm³/mol. The van der Waals surface area contributed by atoms with Crippen molar-refractivity contribution in [3.05, 3.63) is 33.9 Å². The molecule has 15 heavy (non-hydrogen) atoms. The van der Waals surface area contributed by atoms with Crippen LogP contribution < -0.4 is 5.32 Å². The third-order valence-corrected chi connectivity index (χ3v) is 3.04. The normalized spacial score (nSPS) is 15.9. The summed E-state index contributed by atoms with van der Waals surface area (Å²) in [4.78, 5) is 4.19. The summed E-state index contributed by atoms with van der Waals surface area (Å²) in [7, 11) is 0. The summed E-state index contributed by atoms with van der Waals surface area (Å²) in [6, 6.07) is 1.83. The molecular weight excluding hydrogens is 275 g/mol. The van der Waals surface area contributed by atoms with Crippen LogP contribution in [0.4, 0.5) is 5.82 Å². The first-order valence-corrected chi connectivity index (χ1v) is 6.14. The highest BCUT2D eigenvalue weighted by atomic mass is 79.9. The van der Waals surface area contributed by atoms with E-state index in [0.717, 1.165) is 22.8 Å². The van der Waals surface area contributed by atoms with Gasteiger partial charge in [-0.3, -0.25) is 0 Å². The number of pyridine rings is 1. The number of halogens is 2. The first-order chi connectivity index (χ1) is 7.25. The number of aromatic nitrogens is 1. The molecule has 0 atom stereocenters. The number of nitrogens with one attached hydrogen (secondary N) is 1. The van der Waals surface area contributed by atoms with Gasteiger partial charge in [-0.1, -0.05) is 23.8 Å². The van der Waals surface area contributed by atoms with E-state index in [1.807, 2.05) is 6.07 Å². The van der Waals surface area contributed by atoms with Crippen molar-refractivity contribution in [2.45, 2.75) is 12.8 Å². The third-order valence-electron chi connectivity index (χ3n) is 2.23. The van der Waals surface area contributed by atoms with Crippen molar-refractivity contribution < 1.29 is 0 Å². The summed E-state index contributed by atoms with van der Waals surface area (Å²) in [6.07, 6.45) is 8.75. The lowest BCUT2D eigenvalue weighted by molar-refractivity contribution is 1.10. The summed E-state index contributed by atoms with van der Waals surface area (Å²) in [5.41, 5.74) is 0. The first-order valence-electron chi connectivity index (χ1n) is 4.97. The molecular formula is C11H12BrClN2. The molecule has 1 heterocycles. The molecule has 2 nitrogen and oxygen atoms in total. The van der Waals surface area contributed by atoms with Crippen LogP contribution in [0.25, 0.3) is 0 Å². The quantitative estimate of drug-likeness (QED) is 0.850. The maximum Gasteiger partial charge on any atom is 0.140 e. The summed E-state index contributed by atoms with van der Waals surface area (Å²) in [5, 5.41) is 3.86. The standard InChI is InChI=1S/C11H12BrClN2/c12-10-6-9(13)7-15-11(10)14-5-1-2-8-3-4-8/h1-2,6-8H,3-5H2,(H,14,15)/b2-1+. The number of hydrogen-bond donors (Lipinski definition) is 1. The average molecular weight is 288 g/mol. The van der Waals surface area contributed by atoms with Crippen molar-refractivity contribution in [1.82, 2.24) is 4.98 Å². The van der Waals surface area contributed by atoms with Crippen molar-refractivity contribution in [3.63, 3.8) is 0 Å². The fourth-order valence-corrected chi connectivity index (χ4v) is 2.03. The zero-order valence-corrected chi connectivity index (χ0v) is 10.6. The smallest absolute Gasteiger partial charge is 0.140 e. The molecule has 1 aromatic heterocycles. The topological polar surface area (TPSA) is 24.9 Å². The molecule has 1 N–H and O–H groups in total. The van der Waals surface area contributed by atoms with E-state index in [4.69, 9.17) is 11.6 Å². The van der Waals surface area contributed by atoms with Crippen LogP contribution in [0, 0.1) is 5.92 Å². The SMILES string of the molecule is Clc1cnc(NC/C=C/C2CC2)c(Br)c1. The van der Waals surface area contributed by atoms with Crippen molar-refractivity contribution in [3.8, 4) is 0 Å². The lowest BCUT2D eigenvalue weighted by atomic mass is 10.3. The van der Waals surface area contributed by atoms with E-state index in [-0.39, 0.29) is 0 Å². The fraction of sp³-hybridized carbons (Fsp3) is 0.364. The van der Waals surface area contributed by atoms with Gasteiger partial charge < -0.3 is 5.32 Å². The average Bonchev–Trinajstić information content (AvgIpc) is 2.99. The molecule has 0 aromatic carbocycles. The Hall–Kier alpha value is -0.540. The Balaban J connectivity index is 1.86. The molecule has 0 amide bonds. The Morgan fingerprint density at radius 2 is 2.40 bits per heavy atom. The van der Waals surface area contributed by atoms with Gasteiger partial charge >= 0.3 is 0 Å². The molecule has 1 aliphatic rings. The fourth-order valence-electron chi connectivity index (χ4n) is 1.25. The Morgan fingerprint density at radius 3 is 3.07 bits per heavy atom. The summed E-state index contributed by atoms with van der Waals surface area (Å²) >= 11 is 9.20. The van der Waals surface area contributed by atoms with Gasteiger partial charge in [-0.2, -0.15) is 0 Å². The molecule has 0 radical (unpaired) electrons. The maximum atomic E-state index is 5.79. The summed E-state index contributed by atoms with van der Waals surface area (Å²) < 4.78 is 0.898. The highest BCUT2D eigenvalue weighted by Gasteiger charge is 2.16. The van der Waals surface area contributed by atoms with Crippen LogP contribution in [0.5, 0.6) is 0 Å². The number of nitrogens with zero attached hydrogens (tertiary/aromatic N) is 1. The molecule has 1 fully saturated rings. The highest BCUT2D eigenvalue weighted by Crippen LogP contribution is 2.30. The van der Waals surface area contributed by atoms with E-state index in [0.29, 0.717) is 5.02 Å². The lowest BCUT2D eigenvalue weighted by Crippen LogP contribution is -2.01. The van der Waals surface area contributed by atoms with Crippen molar-refractivity contribution >= 4 is 33.3 Å². The van der Waals surface area contributed by atoms with Crippen molar-refractivity contribution in [2.24, 2.45) is 5.92 Å². The van der Waals surface area contributed by atoms with E-state index in [9.17, 15) is 0 Å². The molecule has 4 heteroatoms. The minimum atomic E-state index is 0.640.